The van der Waals surface area contributed by atoms with Crippen molar-refractivity contribution in [1.29, 1.82) is 0 Å². The highest BCUT2D eigenvalue weighted by molar-refractivity contribution is 7.13. The van der Waals surface area contributed by atoms with Crippen molar-refractivity contribution in [2.24, 2.45) is 0 Å². The molecule has 0 aliphatic carbocycles. The quantitative estimate of drug-likeness (QED) is 0.913. The number of rotatable bonds is 3. The summed E-state index contributed by atoms with van der Waals surface area (Å²) in [6.07, 6.45) is -4.63. The molecule has 0 fully saturated rings. The molecule has 114 valence electrons. The minimum absolute atomic E-state index is 0.198. The van der Waals surface area contributed by atoms with Gasteiger partial charge < -0.3 is 5.73 Å². The van der Waals surface area contributed by atoms with E-state index in [0.29, 0.717) is 10.3 Å². The van der Waals surface area contributed by atoms with E-state index in [-0.39, 0.29) is 15.6 Å². The number of anilines is 1. The van der Waals surface area contributed by atoms with E-state index in [1.165, 1.54) is 5.38 Å². The van der Waals surface area contributed by atoms with Gasteiger partial charge in [-0.25, -0.2) is 9.78 Å². The summed E-state index contributed by atoms with van der Waals surface area (Å²) in [5.41, 5.74) is 3.65. The Hall–Kier alpha value is -1.81. The number of nitrogen functional groups attached to an aromatic ring is 1. The van der Waals surface area contributed by atoms with Crippen LogP contribution in [0.4, 0.5) is 19.0 Å². The SMILES string of the molecule is Nc1cc(=O)n(Cc2csc(Cl)n2)c(=O)n1CC(F)(F)F. The van der Waals surface area contributed by atoms with E-state index in [1.807, 2.05) is 0 Å². The highest BCUT2D eigenvalue weighted by Gasteiger charge is 2.30. The van der Waals surface area contributed by atoms with Crippen LogP contribution in [0.3, 0.4) is 0 Å². The Bertz CT molecular complexity index is 780. The molecule has 2 rings (SSSR count). The van der Waals surface area contributed by atoms with Gasteiger partial charge in [-0.05, 0) is 0 Å². The summed E-state index contributed by atoms with van der Waals surface area (Å²) in [4.78, 5) is 27.5. The number of halogens is 4. The van der Waals surface area contributed by atoms with E-state index < -0.39 is 29.8 Å². The average molecular weight is 341 g/mol. The van der Waals surface area contributed by atoms with Gasteiger partial charge in [-0.1, -0.05) is 11.6 Å². The van der Waals surface area contributed by atoms with E-state index in [4.69, 9.17) is 17.3 Å². The lowest BCUT2D eigenvalue weighted by atomic mass is 10.4. The Labute approximate surface area is 124 Å². The number of hydrogen-bond acceptors (Lipinski definition) is 5. The van der Waals surface area contributed by atoms with Crippen molar-refractivity contribution in [1.82, 2.24) is 14.1 Å². The molecular weight excluding hydrogens is 333 g/mol. The number of alkyl halides is 3. The summed E-state index contributed by atoms with van der Waals surface area (Å²) < 4.78 is 38.4. The first kappa shape index (κ1) is 15.6. The summed E-state index contributed by atoms with van der Waals surface area (Å²) >= 11 is 6.70. The third kappa shape index (κ3) is 3.64. The van der Waals surface area contributed by atoms with Crippen LogP contribution in [0, 0.1) is 0 Å². The third-order valence-corrected chi connectivity index (χ3v) is 3.52. The predicted molar refractivity (Wildman–Crippen MR) is 71.7 cm³/mol. The van der Waals surface area contributed by atoms with Crippen LogP contribution in [0.1, 0.15) is 5.69 Å². The molecule has 0 aromatic carbocycles. The minimum Gasteiger partial charge on any atom is -0.385 e. The standard InChI is InChI=1S/C10H8ClF3N4O2S/c11-8-16-5(3-21-8)2-17-7(19)1-6(15)18(9(17)20)4-10(12,13)14/h1,3H,2,4,15H2. The highest BCUT2D eigenvalue weighted by atomic mass is 35.5. The van der Waals surface area contributed by atoms with Gasteiger partial charge in [0.05, 0.1) is 12.2 Å². The van der Waals surface area contributed by atoms with Crippen molar-refractivity contribution in [3.8, 4) is 0 Å². The van der Waals surface area contributed by atoms with Crippen LogP contribution < -0.4 is 17.0 Å². The molecule has 2 aromatic heterocycles. The second-order valence-electron chi connectivity index (χ2n) is 4.07. The van der Waals surface area contributed by atoms with E-state index in [1.54, 1.807) is 0 Å². The molecule has 2 aromatic rings. The molecule has 0 amide bonds. The first-order chi connectivity index (χ1) is 9.67. The minimum atomic E-state index is -4.63. The average Bonchev–Trinajstić information content (AvgIpc) is 2.75. The molecule has 21 heavy (non-hydrogen) atoms. The second kappa shape index (κ2) is 5.53. The molecule has 0 atom stereocenters. The van der Waals surface area contributed by atoms with Gasteiger partial charge in [-0.3, -0.25) is 13.9 Å². The van der Waals surface area contributed by atoms with Gasteiger partial charge in [0, 0.05) is 11.4 Å². The summed E-state index contributed by atoms with van der Waals surface area (Å²) in [5.74, 6) is -0.546. The van der Waals surface area contributed by atoms with Crippen molar-refractivity contribution in [3.63, 3.8) is 0 Å². The fourth-order valence-corrected chi connectivity index (χ4v) is 2.41. The van der Waals surface area contributed by atoms with Crippen molar-refractivity contribution in [2.45, 2.75) is 19.3 Å². The van der Waals surface area contributed by atoms with Gasteiger partial charge in [0.1, 0.15) is 12.4 Å². The van der Waals surface area contributed by atoms with Crippen molar-refractivity contribution < 1.29 is 13.2 Å². The molecule has 0 aliphatic rings. The molecule has 0 spiro atoms. The smallest absolute Gasteiger partial charge is 0.385 e. The number of nitrogens with two attached hydrogens (primary N) is 1. The molecule has 0 saturated heterocycles. The maximum absolute atomic E-state index is 12.4. The lowest BCUT2D eigenvalue weighted by Crippen LogP contribution is -2.42. The van der Waals surface area contributed by atoms with E-state index in [0.717, 1.165) is 17.4 Å². The zero-order chi connectivity index (χ0) is 15.8. The molecular formula is C10H8ClF3N4O2S. The number of aromatic nitrogens is 3. The molecule has 6 nitrogen and oxygen atoms in total. The van der Waals surface area contributed by atoms with Crippen LogP contribution in [0.2, 0.25) is 4.47 Å². The molecule has 11 heteroatoms. The van der Waals surface area contributed by atoms with Gasteiger partial charge >= 0.3 is 11.9 Å². The maximum Gasteiger partial charge on any atom is 0.406 e. The molecule has 0 radical (unpaired) electrons. The topological polar surface area (TPSA) is 82.9 Å². The summed E-state index contributed by atoms with van der Waals surface area (Å²) in [6.45, 7) is -1.85. The molecule has 0 bridgehead atoms. The largest absolute Gasteiger partial charge is 0.406 e. The lowest BCUT2D eigenvalue weighted by molar-refractivity contribution is -0.141. The van der Waals surface area contributed by atoms with Gasteiger partial charge in [0.2, 0.25) is 0 Å². The van der Waals surface area contributed by atoms with Crippen LogP contribution >= 0.6 is 22.9 Å². The van der Waals surface area contributed by atoms with Crippen molar-refractivity contribution in [3.05, 3.63) is 42.4 Å². The van der Waals surface area contributed by atoms with Crippen LogP contribution in [-0.4, -0.2) is 20.3 Å². The number of hydrogen-bond donors (Lipinski definition) is 1. The Morgan fingerprint density at radius 1 is 1.33 bits per heavy atom. The monoisotopic (exact) mass is 340 g/mol. The lowest BCUT2D eigenvalue weighted by Gasteiger charge is -2.13. The summed E-state index contributed by atoms with van der Waals surface area (Å²) in [5, 5.41) is 1.50. The highest BCUT2D eigenvalue weighted by Crippen LogP contribution is 2.18. The fraction of sp³-hybridized carbons (Fsp3) is 0.300. The zero-order valence-electron chi connectivity index (χ0n) is 10.2. The summed E-state index contributed by atoms with van der Waals surface area (Å²) in [6, 6.07) is 0.765. The molecule has 0 saturated carbocycles. The van der Waals surface area contributed by atoms with Gasteiger partial charge in [0.15, 0.2) is 4.47 Å². The number of nitrogens with zero attached hydrogens (tertiary/aromatic N) is 3. The van der Waals surface area contributed by atoms with Crippen molar-refractivity contribution in [2.75, 3.05) is 5.73 Å². The summed E-state index contributed by atoms with van der Waals surface area (Å²) in [7, 11) is 0. The first-order valence-corrected chi connectivity index (χ1v) is 6.70. The van der Waals surface area contributed by atoms with Crippen LogP contribution in [-0.2, 0) is 13.1 Å². The van der Waals surface area contributed by atoms with Crippen LogP contribution in [0.25, 0.3) is 0 Å². The first-order valence-electron chi connectivity index (χ1n) is 5.44. The van der Waals surface area contributed by atoms with Crippen LogP contribution in [0.15, 0.2) is 21.0 Å². The Morgan fingerprint density at radius 3 is 2.52 bits per heavy atom. The normalized spacial score (nSPS) is 11.8. The van der Waals surface area contributed by atoms with E-state index in [9.17, 15) is 22.8 Å². The maximum atomic E-state index is 12.4. The third-order valence-electron chi connectivity index (χ3n) is 2.49. The van der Waals surface area contributed by atoms with E-state index >= 15 is 0 Å². The number of thiazole rings is 1. The predicted octanol–water partition coefficient (Wildman–Crippen LogP) is 1.31. The fourth-order valence-electron chi connectivity index (χ4n) is 1.63. The Morgan fingerprint density at radius 2 is 2.00 bits per heavy atom. The molecule has 2 heterocycles. The van der Waals surface area contributed by atoms with Gasteiger partial charge in [-0.15, -0.1) is 11.3 Å². The Balaban J connectivity index is 2.49. The molecule has 0 aliphatic heterocycles. The second-order valence-corrected chi connectivity index (χ2v) is 5.51. The molecule has 0 unspecified atom stereocenters. The zero-order valence-corrected chi connectivity index (χ0v) is 11.8. The molecule has 2 N–H and O–H groups in total. The Kier molecular flexibility index (Phi) is 4.10. The van der Waals surface area contributed by atoms with Gasteiger partial charge in [0.25, 0.3) is 5.56 Å². The van der Waals surface area contributed by atoms with Crippen LogP contribution in [0.5, 0.6) is 0 Å². The van der Waals surface area contributed by atoms with E-state index in [2.05, 4.69) is 4.98 Å². The van der Waals surface area contributed by atoms with Crippen molar-refractivity contribution >= 4 is 28.8 Å². The van der Waals surface area contributed by atoms with Gasteiger partial charge in [-0.2, -0.15) is 13.2 Å².